The maximum Gasteiger partial charge on any atom is 0.326 e. The lowest BCUT2D eigenvalue weighted by molar-refractivity contribution is -0.156. The summed E-state index contributed by atoms with van der Waals surface area (Å²) in [4.78, 5) is 59.4. The number of ether oxygens (including phenoxy) is 1. The molecule has 0 radical (unpaired) electrons. The standard InChI is InChI=1S/C20H21N3O5S/c1-9-11(3)29-18-15(9)17(25)21-16(22-18)10(2)28-14(24)8-23-19(26)12-6-4-5-7-13(12)20(23)27/h4-5,10,12-13H,6-8H2,1-3H3,(H,21,22,25)/t10-,12-,13-/m0/s1. The number of allylic oxidation sites excluding steroid dienone is 2. The third-order valence-corrected chi connectivity index (χ3v) is 6.74. The number of aromatic nitrogens is 2. The van der Waals surface area contributed by atoms with Gasteiger partial charge in [-0.25, -0.2) is 4.98 Å². The van der Waals surface area contributed by atoms with Crippen LogP contribution in [0.2, 0.25) is 0 Å². The van der Waals surface area contributed by atoms with Gasteiger partial charge in [-0.1, -0.05) is 12.2 Å². The Kier molecular flexibility index (Phi) is 4.85. The summed E-state index contributed by atoms with van der Waals surface area (Å²) in [5.41, 5.74) is 0.605. The van der Waals surface area contributed by atoms with Crippen molar-refractivity contribution >= 4 is 39.3 Å². The Morgan fingerprint density at radius 2 is 1.86 bits per heavy atom. The van der Waals surface area contributed by atoms with E-state index in [9.17, 15) is 19.2 Å². The van der Waals surface area contributed by atoms with Crippen LogP contribution in [0.1, 0.15) is 42.1 Å². The fourth-order valence-electron chi connectivity index (χ4n) is 3.91. The first kappa shape index (κ1) is 19.5. The quantitative estimate of drug-likeness (QED) is 0.466. The molecular weight excluding hydrogens is 394 g/mol. The minimum Gasteiger partial charge on any atom is -0.453 e. The van der Waals surface area contributed by atoms with Crippen molar-refractivity contribution in [2.75, 3.05) is 6.54 Å². The lowest BCUT2D eigenvalue weighted by Crippen LogP contribution is -2.37. The molecule has 8 nitrogen and oxygen atoms in total. The summed E-state index contributed by atoms with van der Waals surface area (Å²) in [7, 11) is 0. The van der Waals surface area contributed by atoms with Crippen LogP contribution < -0.4 is 5.56 Å². The van der Waals surface area contributed by atoms with Gasteiger partial charge in [-0.05, 0) is 39.2 Å². The number of rotatable bonds is 4. The van der Waals surface area contributed by atoms with E-state index in [2.05, 4.69) is 9.97 Å². The van der Waals surface area contributed by atoms with Gasteiger partial charge in [0.2, 0.25) is 11.8 Å². The van der Waals surface area contributed by atoms with Gasteiger partial charge in [-0.15, -0.1) is 11.3 Å². The highest BCUT2D eigenvalue weighted by molar-refractivity contribution is 7.18. The fraction of sp³-hybridized carbons (Fsp3) is 0.450. The summed E-state index contributed by atoms with van der Waals surface area (Å²) in [5, 5.41) is 0.541. The highest BCUT2D eigenvalue weighted by Crippen LogP contribution is 2.35. The number of hydrogen-bond donors (Lipinski definition) is 1. The van der Waals surface area contributed by atoms with Crippen molar-refractivity contribution in [2.24, 2.45) is 11.8 Å². The first-order chi connectivity index (χ1) is 13.8. The van der Waals surface area contributed by atoms with Crippen molar-refractivity contribution in [3.63, 3.8) is 0 Å². The molecule has 1 aliphatic heterocycles. The number of amides is 2. The number of esters is 1. The molecule has 29 heavy (non-hydrogen) atoms. The zero-order valence-corrected chi connectivity index (χ0v) is 17.2. The van der Waals surface area contributed by atoms with Gasteiger partial charge in [0.15, 0.2) is 11.9 Å². The van der Waals surface area contributed by atoms with Crippen LogP contribution in [0.25, 0.3) is 10.2 Å². The number of aryl methyl sites for hydroxylation is 2. The molecular formula is C20H21N3O5S. The van der Waals surface area contributed by atoms with Gasteiger partial charge in [0.25, 0.3) is 5.56 Å². The predicted octanol–water partition coefficient (Wildman–Crippen LogP) is 2.16. The molecule has 0 spiro atoms. The summed E-state index contributed by atoms with van der Waals surface area (Å²) >= 11 is 1.41. The Morgan fingerprint density at radius 3 is 2.48 bits per heavy atom. The average molecular weight is 415 g/mol. The maximum absolute atomic E-state index is 12.5. The Bertz CT molecular complexity index is 1090. The van der Waals surface area contributed by atoms with Crippen molar-refractivity contribution in [1.82, 2.24) is 14.9 Å². The highest BCUT2D eigenvalue weighted by Gasteiger charge is 2.47. The molecule has 1 N–H and O–H groups in total. The lowest BCUT2D eigenvalue weighted by atomic mass is 9.85. The van der Waals surface area contributed by atoms with Crippen molar-refractivity contribution < 1.29 is 19.1 Å². The van der Waals surface area contributed by atoms with E-state index in [1.54, 1.807) is 6.92 Å². The molecule has 2 aromatic rings. The zero-order valence-electron chi connectivity index (χ0n) is 16.4. The van der Waals surface area contributed by atoms with Crippen LogP contribution in [-0.4, -0.2) is 39.2 Å². The van der Waals surface area contributed by atoms with Gasteiger partial charge in [-0.3, -0.25) is 24.1 Å². The van der Waals surface area contributed by atoms with Crippen LogP contribution in [0.4, 0.5) is 0 Å². The zero-order chi connectivity index (χ0) is 20.9. The number of nitrogens with zero attached hydrogens (tertiary/aromatic N) is 2. The Morgan fingerprint density at radius 1 is 1.24 bits per heavy atom. The van der Waals surface area contributed by atoms with E-state index in [1.807, 2.05) is 26.0 Å². The summed E-state index contributed by atoms with van der Waals surface area (Å²) in [5.74, 6) is -1.91. The molecule has 2 aromatic heterocycles. The second-order valence-corrected chi connectivity index (χ2v) is 8.67. The van der Waals surface area contributed by atoms with Crippen molar-refractivity contribution in [3.8, 4) is 0 Å². The molecule has 4 rings (SSSR count). The van der Waals surface area contributed by atoms with Crippen LogP contribution >= 0.6 is 11.3 Å². The molecule has 3 atom stereocenters. The molecule has 1 fully saturated rings. The van der Waals surface area contributed by atoms with E-state index in [0.717, 1.165) is 15.3 Å². The van der Waals surface area contributed by atoms with Crippen LogP contribution in [0, 0.1) is 25.7 Å². The number of aromatic amines is 1. The molecule has 1 saturated heterocycles. The summed E-state index contributed by atoms with van der Waals surface area (Å²) < 4.78 is 5.36. The molecule has 9 heteroatoms. The van der Waals surface area contributed by atoms with Gasteiger partial charge < -0.3 is 9.72 Å². The monoisotopic (exact) mass is 415 g/mol. The maximum atomic E-state index is 12.5. The average Bonchev–Trinajstić information content (AvgIpc) is 3.10. The second kappa shape index (κ2) is 7.22. The van der Waals surface area contributed by atoms with Crippen molar-refractivity contribution in [3.05, 3.63) is 38.8 Å². The van der Waals surface area contributed by atoms with Gasteiger partial charge in [0.05, 0.1) is 17.2 Å². The van der Waals surface area contributed by atoms with Crippen LogP contribution in [-0.2, 0) is 19.1 Å². The normalized spacial score (nSPS) is 22.2. The molecule has 0 aromatic carbocycles. The van der Waals surface area contributed by atoms with E-state index in [1.165, 1.54) is 11.3 Å². The van der Waals surface area contributed by atoms with Gasteiger partial charge >= 0.3 is 5.97 Å². The number of carbonyl (C=O) groups excluding carboxylic acids is 3. The van der Waals surface area contributed by atoms with E-state index in [-0.39, 0.29) is 35.0 Å². The van der Waals surface area contributed by atoms with Crippen LogP contribution in [0.3, 0.4) is 0 Å². The molecule has 0 saturated carbocycles. The largest absolute Gasteiger partial charge is 0.453 e. The van der Waals surface area contributed by atoms with E-state index in [4.69, 9.17) is 4.74 Å². The van der Waals surface area contributed by atoms with Gasteiger partial charge in [0, 0.05) is 4.88 Å². The number of likely N-dealkylation sites (tertiary alicyclic amines) is 1. The highest BCUT2D eigenvalue weighted by atomic mass is 32.1. The number of hydrogen-bond acceptors (Lipinski definition) is 7. The molecule has 2 aliphatic rings. The number of imide groups is 1. The molecule has 0 unspecified atom stereocenters. The van der Waals surface area contributed by atoms with Crippen LogP contribution in [0.15, 0.2) is 16.9 Å². The van der Waals surface area contributed by atoms with E-state index in [0.29, 0.717) is 23.1 Å². The Balaban J connectivity index is 1.48. The van der Waals surface area contributed by atoms with Gasteiger partial charge in [0.1, 0.15) is 11.4 Å². The predicted molar refractivity (Wildman–Crippen MR) is 106 cm³/mol. The smallest absolute Gasteiger partial charge is 0.326 e. The lowest BCUT2D eigenvalue weighted by Gasteiger charge is -2.17. The SMILES string of the molecule is Cc1sc2nc([C@H](C)OC(=O)CN3C(=O)[C@H]4CC=CC[C@@H]4C3=O)[nH]c(=O)c2c1C. The summed E-state index contributed by atoms with van der Waals surface area (Å²) in [6.07, 6.45) is 3.99. The second-order valence-electron chi connectivity index (χ2n) is 7.47. The number of H-pyrrole nitrogens is 1. The first-order valence-corrected chi connectivity index (χ1v) is 10.3. The third kappa shape index (κ3) is 3.29. The summed E-state index contributed by atoms with van der Waals surface area (Å²) in [6, 6.07) is 0. The number of carbonyl (C=O) groups is 3. The minimum absolute atomic E-state index is 0.231. The topological polar surface area (TPSA) is 109 Å². The van der Waals surface area contributed by atoms with Crippen molar-refractivity contribution in [2.45, 2.75) is 39.7 Å². The Hall–Kier alpha value is -2.81. The number of thiophene rings is 1. The molecule has 0 bridgehead atoms. The molecule has 152 valence electrons. The molecule has 1 aliphatic carbocycles. The van der Waals surface area contributed by atoms with E-state index < -0.39 is 18.6 Å². The number of fused-ring (bicyclic) bond motifs is 2. The number of nitrogens with one attached hydrogen (secondary N) is 1. The van der Waals surface area contributed by atoms with Gasteiger partial charge in [-0.2, -0.15) is 0 Å². The van der Waals surface area contributed by atoms with Crippen molar-refractivity contribution in [1.29, 1.82) is 0 Å². The fourth-order valence-corrected chi connectivity index (χ4v) is 4.95. The van der Waals surface area contributed by atoms with E-state index >= 15 is 0 Å². The molecule has 3 heterocycles. The minimum atomic E-state index is -0.820. The van der Waals surface area contributed by atoms with Crippen LogP contribution in [0.5, 0.6) is 0 Å². The Labute approximate surface area is 170 Å². The third-order valence-electron chi connectivity index (χ3n) is 5.64. The summed E-state index contributed by atoms with van der Waals surface area (Å²) in [6.45, 7) is 4.94. The first-order valence-electron chi connectivity index (χ1n) is 9.47. The molecule has 2 amide bonds.